The van der Waals surface area contributed by atoms with E-state index in [9.17, 15) is 18.3 Å². The zero-order valence-electron chi connectivity index (χ0n) is 18.1. The Hall–Kier alpha value is -3.25. The van der Waals surface area contributed by atoms with Gasteiger partial charge in [0, 0.05) is 18.1 Å². The fraction of sp³-hybridized carbons (Fsp3) is 0.364. The van der Waals surface area contributed by atoms with Gasteiger partial charge in [0.1, 0.15) is 16.3 Å². The Morgan fingerprint density at radius 3 is 2.44 bits per heavy atom. The van der Waals surface area contributed by atoms with Gasteiger partial charge in [-0.15, -0.1) is 11.3 Å². The Kier molecular flexibility index (Phi) is 7.72. The number of anilines is 2. The van der Waals surface area contributed by atoms with Crippen LogP contribution in [0.4, 0.5) is 29.6 Å². The van der Waals surface area contributed by atoms with E-state index in [1.165, 1.54) is 11.3 Å². The van der Waals surface area contributed by atoms with Gasteiger partial charge in [-0.2, -0.15) is 13.2 Å². The van der Waals surface area contributed by atoms with Crippen LogP contribution in [-0.4, -0.2) is 36.4 Å². The van der Waals surface area contributed by atoms with Crippen molar-refractivity contribution in [2.24, 2.45) is 0 Å². The summed E-state index contributed by atoms with van der Waals surface area (Å²) in [5, 5.41) is 28.4. The van der Waals surface area contributed by atoms with Crippen LogP contribution in [0.5, 0.6) is 0 Å². The van der Waals surface area contributed by atoms with Crippen molar-refractivity contribution in [3.63, 3.8) is 0 Å². The lowest BCUT2D eigenvalue weighted by atomic mass is 9.85. The van der Waals surface area contributed by atoms with Crippen molar-refractivity contribution in [3.05, 3.63) is 52.9 Å². The number of nitrogens with zero attached hydrogens (tertiary/aromatic N) is 3. The van der Waals surface area contributed by atoms with Gasteiger partial charge in [0.2, 0.25) is 5.95 Å². The number of carboxylic acid groups (broad SMARTS) is 2. The Morgan fingerprint density at radius 1 is 1.12 bits per heavy atom. The van der Waals surface area contributed by atoms with E-state index in [1.807, 2.05) is 25.1 Å². The number of aryl methyl sites for hydroxylation is 1. The Morgan fingerprint density at radius 2 is 1.79 bits per heavy atom. The van der Waals surface area contributed by atoms with E-state index in [2.05, 4.69) is 20.3 Å². The molecule has 1 fully saturated rings. The summed E-state index contributed by atoms with van der Waals surface area (Å²) >= 11 is 1.45. The number of rotatable bonds is 4. The first kappa shape index (κ1) is 25.4. The molecule has 1 saturated carbocycles. The molecular formula is C22H23F3N4O4S. The predicted octanol–water partition coefficient (Wildman–Crippen LogP) is 6.05. The molecule has 1 aliphatic carbocycles. The summed E-state index contributed by atoms with van der Waals surface area (Å²) in [5.74, 6) is -0.122. The molecule has 1 aromatic carbocycles. The van der Waals surface area contributed by atoms with E-state index in [4.69, 9.17) is 15.0 Å². The number of hydrogen-bond donors (Lipinski definition) is 4. The van der Waals surface area contributed by atoms with Crippen molar-refractivity contribution >= 4 is 29.1 Å². The highest BCUT2D eigenvalue weighted by molar-refractivity contribution is 7.15. The highest BCUT2D eigenvalue weighted by Crippen LogP contribution is 2.41. The van der Waals surface area contributed by atoms with Crippen molar-refractivity contribution in [1.29, 1.82) is 0 Å². The first-order valence-electron chi connectivity index (χ1n) is 10.4. The topological polar surface area (TPSA) is 128 Å². The van der Waals surface area contributed by atoms with Gasteiger partial charge in [-0.25, -0.2) is 19.7 Å². The molecule has 4 rings (SSSR count). The maximum Gasteiger partial charge on any atom is 0.503 e. The number of alkyl halides is 3. The molecule has 4 N–H and O–H groups in total. The summed E-state index contributed by atoms with van der Waals surface area (Å²) in [7, 11) is 0. The summed E-state index contributed by atoms with van der Waals surface area (Å²) in [4.78, 5) is 21.4. The maximum absolute atomic E-state index is 12.9. The molecule has 2 heterocycles. The number of hydrogen-bond acceptors (Lipinski definition) is 7. The molecule has 182 valence electrons. The molecule has 12 heteroatoms. The number of aromatic nitrogens is 3. The molecule has 1 aliphatic rings. The molecule has 2 aromatic heterocycles. The van der Waals surface area contributed by atoms with Gasteiger partial charge in [0.25, 0.3) is 0 Å². The van der Waals surface area contributed by atoms with Crippen LogP contribution in [0.1, 0.15) is 48.4 Å². The number of thiazole rings is 1. The number of halogens is 3. The van der Waals surface area contributed by atoms with Crippen molar-refractivity contribution in [3.8, 4) is 10.4 Å². The van der Waals surface area contributed by atoms with E-state index in [0.29, 0.717) is 18.5 Å². The van der Waals surface area contributed by atoms with Gasteiger partial charge >= 0.3 is 12.3 Å². The van der Waals surface area contributed by atoms with Gasteiger partial charge in [-0.3, -0.25) is 0 Å². The second kappa shape index (κ2) is 10.3. The number of aliphatic hydroxyl groups is 1. The average molecular weight is 497 g/mol. The minimum absolute atomic E-state index is 0.122. The SMILES string of the molecule is Cc1cc(Nc2nccc(C(F)(F)F)n2)cc(-c2cnc(C3(O)CCCCC3)s2)c1.O=C(O)O. The minimum Gasteiger partial charge on any atom is -0.450 e. The Bertz CT molecular complexity index is 1140. The van der Waals surface area contributed by atoms with Crippen LogP contribution in [0.3, 0.4) is 0 Å². The van der Waals surface area contributed by atoms with Gasteiger partial charge in [0.15, 0.2) is 0 Å². The zero-order valence-corrected chi connectivity index (χ0v) is 18.9. The van der Waals surface area contributed by atoms with E-state index in [1.54, 1.807) is 6.20 Å². The molecular weight excluding hydrogens is 473 g/mol. The summed E-state index contributed by atoms with van der Waals surface area (Å²) in [6, 6.07) is 6.44. The van der Waals surface area contributed by atoms with Gasteiger partial charge < -0.3 is 20.6 Å². The second-order valence-electron chi connectivity index (χ2n) is 7.88. The summed E-state index contributed by atoms with van der Waals surface area (Å²) < 4.78 is 38.7. The molecule has 0 unspecified atom stereocenters. The molecule has 0 spiro atoms. The Labute approximate surface area is 197 Å². The summed E-state index contributed by atoms with van der Waals surface area (Å²) in [5.41, 5.74) is 0.509. The molecule has 0 bridgehead atoms. The molecule has 3 aromatic rings. The third-order valence-corrected chi connectivity index (χ3v) is 6.39. The largest absolute Gasteiger partial charge is 0.503 e. The molecule has 0 aliphatic heterocycles. The van der Waals surface area contributed by atoms with Crippen LogP contribution < -0.4 is 5.32 Å². The monoisotopic (exact) mass is 496 g/mol. The standard InChI is InChI=1S/C21H21F3N4OS.CH2O3/c1-13-9-14(16-12-26-18(30-16)20(29)6-3-2-4-7-20)11-15(10-13)27-19-25-8-5-17(28-19)21(22,23)24;2-1(3)4/h5,8-12,29H,2-4,6-7H2,1H3,(H,25,27,28);(H2,2,3,4). The first-order chi connectivity index (χ1) is 16.0. The molecule has 0 amide bonds. The fourth-order valence-electron chi connectivity index (χ4n) is 3.68. The number of benzene rings is 1. The van der Waals surface area contributed by atoms with Crippen LogP contribution in [0.25, 0.3) is 10.4 Å². The van der Waals surface area contributed by atoms with Crippen molar-refractivity contribution < 1.29 is 33.3 Å². The summed E-state index contributed by atoms with van der Waals surface area (Å²) in [6.07, 6.45) is 0.991. The number of carbonyl (C=O) groups is 1. The lowest BCUT2D eigenvalue weighted by Crippen LogP contribution is -2.28. The molecule has 8 nitrogen and oxygen atoms in total. The zero-order chi connectivity index (χ0) is 24.9. The van der Waals surface area contributed by atoms with Gasteiger partial charge in [0.05, 0.1) is 4.88 Å². The quantitative estimate of drug-likeness (QED) is 0.344. The fourth-order valence-corrected chi connectivity index (χ4v) is 4.73. The molecule has 34 heavy (non-hydrogen) atoms. The Balaban J connectivity index is 0.000000751. The van der Waals surface area contributed by atoms with E-state index >= 15 is 0 Å². The van der Waals surface area contributed by atoms with Crippen LogP contribution in [0.2, 0.25) is 0 Å². The van der Waals surface area contributed by atoms with Crippen LogP contribution in [0.15, 0.2) is 36.7 Å². The lowest BCUT2D eigenvalue weighted by molar-refractivity contribution is -0.141. The lowest BCUT2D eigenvalue weighted by Gasteiger charge is -2.29. The molecule has 0 radical (unpaired) electrons. The highest BCUT2D eigenvalue weighted by atomic mass is 32.1. The maximum atomic E-state index is 12.9. The normalized spacial score (nSPS) is 15.2. The molecule has 0 saturated heterocycles. The van der Waals surface area contributed by atoms with Gasteiger partial charge in [-0.05, 0) is 49.1 Å². The van der Waals surface area contributed by atoms with Crippen molar-refractivity contribution in [2.75, 3.05) is 5.32 Å². The van der Waals surface area contributed by atoms with Crippen LogP contribution >= 0.6 is 11.3 Å². The van der Waals surface area contributed by atoms with E-state index in [-0.39, 0.29) is 5.95 Å². The van der Waals surface area contributed by atoms with Crippen LogP contribution in [-0.2, 0) is 11.8 Å². The van der Waals surface area contributed by atoms with E-state index < -0.39 is 23.6 Å². The van der Waals surface area contributed by atoms with Gasteiger partial charge in [-0.1, -0.05) is 25.3 Å². The highest BCUT2D eigenvalue weighted by Gasteiger charge is 2.34. The molecule has 0 atom stereocenters. The first-order valence-corrected chi connectivity index (χ1v) is 11.2. The third-order valence-electron chi connectivity index (χ3n) is 5.15. The van der Waals surface area contributed by atoms with E-state index in [0.717, 1.165) is 52.5 Å². The minimum atomic E-state index is -4.53. The second-order valence-corrected chi connectivity index (χ2v) is 8.91. The van der Waals surface area contributed by atoms with Crippen molar-refractivity contribution in [1.82, 2.24) is 15.0 Å². The van der Waals surface area contributed by atoms with Crippen molar-refractivity contribution in [2.45, 2.75) is 50.8 Å². The van der Waals surface area contributed by atoms with Crippen LogP contribution in [0, 0.1) is 6.92 Å². The predicted molar refractivity (Wildman–Crippen MR) is 120 cm³/mol. The smallest absolute Gasteiger partial charge is 0.450 e. The average Bonchev–Trinajstić information content (AvgIpc) is 3.25. The number of nitrogens with one attached hydrogen (secondary N) is 1. The summed E-state index contributed by atoms with van der Waals surface area (Å²) in [6.45, 7) is 1.90. The third kappa shape index (κ3) is 6.64.